The van der Waals surface area contributed by atoms with E-state index in [9.17, 15) is 4.79 Å². The van der Waals surface area contributed by atoms with Crippen LogP contribution in [0.15, 0.2) is 24.3 Å². The minimum atomic E-state index is -0.793. The summed E-state index contributed by atoms with van der Waals surface area (Å²) in [5.74, 6) is 0.412. The first-order valence-corrected chi connectivity index (χ1v) is 12.2. The van der Waals surface area contributed by atoms with Gasteiger partial charge >= 0.3 is 6.03 Å². The molecule has 0 radical (unpaired) electrons. The van der Waals surface area contributed by atoms with Crippen LogP contribution in [0.25, 0.3) is 0 Å². The van der Waals surface area contributed by atoms with Gasteiger partial charge in [0.25, 0.3) is 0 Å². The van der Waals surface area contributed by atoms with Crippen LogP contribution in [0.3, 0.4) is 0 Å². The zero-order valence-corrected chi connectivity index (χ0v) is 20.0. The molecule has 0 aromatic heterocycles. The number of hydrogen-bond donors (Lipinski definition) is 2. The van der Waals surface area contributed by atoms with E-state index in [0.717, 1.165) is 36.9 Å². The molecule has 1 spiro atoms. The smallest absolute Gasteiger partial charge is 0.319 e. The minimum Gasteiger partial charge on any atom is -0.350 e. The van der Waals surface area contributed by atoms with Crippen molar-refractivity contribution in [2.75, 3.05) is 18.5 Å². The van der Waals surface area contributed by atoms with Crippen molar-refractivity contribution in [2.45, 2.75) is 77.3 Å². The topological polar surface area (TPSA) is 87.3 Å². The number of rotatable bonds is 5. The van der Waals surface area contributed by atoms with Gasteiger partial charge in [-0.2, -0.15) is 0 Å². The summed E-state index contributed by atoms with van der Waals surface area (Å²) in [7, 11) is 0. The Bertz CT molecular complexity index is 865. The highest BCUT2D eigenvalue weighted by Gasteiger charge is 2.69. The third kappa shape index (κ3) is 4.17. The number of nitrogens with one attached hydrogen (secondary N) is 2. The van der Waals surface area contributed by atoms with Crippen molar-refractivity contribution in [1.82, 2.24) is 5.32 Å². The number of amides is 2. The van der Waals surface area contributed by atoms with Gasteiger partial charge in [-0.1, -0.05) is 31.5 Å². The van der Waals surface area contributed by atoms with Crippen LogP contribution in [-0.2, 0) is 24.0 Å². The van der Waals surface area contributed by atoms with Gasteiger partial charge in [0.05, 0.1) is 6.61 Å². The third-order valence-corrected chi connectivity index (χ3v) is 8.08. The van der Waals surface area contributed by atoms with Crippen LogP contribution in [0.2, 0.25) is 0 Å². The van der Waals surface area contributed by atoms with Gasteiger partial charge in [0.1, 0.15) is 0 Å². The summed E-state index contributed by atoms with van der Waals surface area (Å²) in [5.41, 5.74) is 1.32. The second kappa shape index (κ2) is 8.82. The van der Waals surface area contributed by atoms with Crippen molar-refractivity contribution < 1.29 is 28.8 Å². The monoisotopic (exact) mass is 460 g/mol. The predicted octanol–water partition coefficient (Wildman–Crippen LogP) is 4.34. The van der Waals surface area contributed by atoms with Crippen molar-refractivity contribution in [2.24, 2.45) is 23.7 Å². The van der Waals surface area contributed by atoms with E-state index in [0.29, 0.717) is 25.0 Å². The first-order chi connectivity index (χ1) is 15.8. The molecule has 182 valence electrons. The van der Waals surface area contributed by atoms with E-state index in [1.165, 1.54) is 0 Å². The molecule has 4 aliphatic heterocycles. The van der Waals surface area contributed by atoms with E-state index in [1.807, 2.05) is 38.1 Å². The molecule has 8 heteroatoms. The van der Waals surface area contributed by atoms with E-state index in [-0.39, 0.29) is 17.9 Å². The number of anilines is 1. The van der Waals surface area contributed by atoms with E-state index in [1.54, 1.807) is 0 Å². The Labute approximate surface area is 195 Å². The first kappa shape index (κ1) is 23.1. The van der Waals surface area contributed by atoms with Gasteiger partial charge < -0.3 is 24.8 Å². The molecule has 0 unspecified atom stereocenters. The second-order valence-corrected chi connectivity index (χ2v) is 10.4. The third-order valence-electron chi connectivity index (χ3n) is 8.08. The number of carbonyl (C=O) groups excluding carboxylic acids is 1. The van der Waals surface area contributed by atoms with Crippen LogP contribution in [0.1, 0.15) is 52.0 Å². The molecule has 33 heavy (non-hydrogen) atoms. The highest BCUT2D eigenvalue weighted by molar-refractivity contribution is 5.89. The maximum Gasteiger partial charge on any atom is 0.319 e. The molecule has 5 fully saturated rings. The molecule has 1 aliphatic carbocycles. The number of carbonyl (C=O) groups is 1. The highest BCUT2D eigenvalue weighted by atomic mass is 17.3. The Morgan fingerprint density at radius 3 is 2.70 bits per heavy atom. The van der Waals surface area contributed by atoms with Crippen molar-refractivity contribution in [3.63, 3.8) is 0 Å². The molecule has 1 saturated carbocycles. The van der Waals surface area contributed by atoms with Gasteiger partial charge in [0.15, 0.2) is 18.2 Å². The van der Waals surface area contributed by atoms with Gasteiger partial charge in [-0.25, -0.2) is 14.6 Å². The summed E-state index contributed by atoms with van der Waals surface area (Å²) in [6.07, 6.45) is 3.03. The molecule has 8 atom stereocenters. The van der Waals surface area contributed by atoms with Crippen LogP contribution in [0, 0.1) is 30.6 Å². The Kier molecular flexibility index (Phi) is 6.16. The molecule has 2 bridgehead atoms. The lowest BCUT2D eigenvalue weighted by molar-refractivity contribution is -0.577. The number of fused-ring (bicyclic) bond motifs is 2. The van der Waals surface area contributed by atoms with E-state index >= 15 is 0 Å². The van der Waals surface area contributed by atoms with Gasteiger partial charge in [0.2, 0.25) is 5.79 Å². The molecule has 6 rings (SSSR count). The maximum absolute atomic E-state index is 12.2. The van der Waals surface area contributed by atoms with Crippen LogP contribution in [-0.4, -0.2) is 43.2 Å². The second-order valence-electron chi connectivity index (χ2n) is 10.4. The molecular formula is C25H36N2O6. The van der Waals surface area contributed by atoms with Gasteiger partial charge in [-0.15, -0.1) is 0 Å². The maximum atomic E-state index is 12.2. The van der Waals surface area contributed by atoms with Gasteiger partial charge in [-0.05, 0) is 57.1 Å². The molecule has 2 amide bonds. The Morgan fingerprint density at radius 1 is 1.12 bits per heavy atom. The molecular weight excluding hydrogens is 424 g/mol. The molecule has 1 aromatic rings. The van der Waals surface area contributed by atoms with Gasteiger partial charge in [-0.3, -0.25) is 0 Å². The fourth-order valence-corrected chi connectivity index (χ4v) is 6.21. The summed E-state index contributed by atoms with van der Waals surface area (Å²) in [6.45, 7) is 9.12. The molecule has 8 nitrogen and oxygen atoms in total. The number of ether oxygens (including phenoxy) is 3. The fourth-order valence-electron chi connectivity index (χ4n) is 6.21. The predicted molar refractivity (Wildman–Crippen MR) is 121 cm³/mol. The summed E-state index contributed by atoms with van der Waals surface area (Å²) in [4.78, 5) is 24.2. The number of hydrogen-bond acceptors (Lipinski definition) is 6. The number of benzene rings is 1. The summed E-state index contributed by atoms with van der Waals surface area (Å²) >= 11 is 0. The zero-order valence-electron chi connectivity index (χ0n) is 20.0. The lowest BCUT2D eigenvalue weighted by Crippen LogP contribution is -2.70. The quantitative estimate of drug-likeness (QED) is 0.502. The van der Waals surface area contributed by atoms with Crippen LogP contribution < -0.4 is 10.6 Å². The Balaban J connectivity index is 1.19. The largest absolute Gasteiger partial charge is 0.350 e. The molecule has 4 saturated heterocycles. The van der Waals surface area contributed by atoms with Crippen molar-refractivity contribution in [1.29, 1.82) is 0 Å². The van der Waals surface area contributed by atoms with E-state index in [2.05, 4.69) is 24.5 Å². The normalized spacial score (nSPS) is 41.7. The fraction of sp³-hybridized carbons (Fsp3) is 0.720. The van der Waals surface area contributed by atoms with Crippen LogP contribution in [0.5, 0.6) is 0 Å². The van der Waals surface area contributed by atoms with Crippen molar-refractivity contribution in [3.05, 3.63) is 29.8 Å². The Morgan fingerprint density at radius 2 is 1.91 bits per heavy atom. The van der Waals surface area contributed by atoms with Crippen LogP contribution in [0.4, 0.5) is 10.5 Å². The summed E-state index contributed by atoms with van der Waals surface area (Å²) in [6, 6.07) is 7.42. The molecule has 2 N–H and O–H groups in total. The number of urea groups is 1. The molecule has 1 aromatic carbocycles. The van der Waals surface area contributed by atoms with E-state index in [4.69, 9.17) is 24.0 Å². The summed E-state index contributed by atoms with van der Waals surface area (Å²) < 4.78 is 18.9. The first-order valence-electron chi connectivity index (χ1n) is 12.2. The van der Waals surface area contributed by atoms with Crippen LogP contribution >= 0.6 is 0 Å². The van der Waals surface area contributed by atoms with Gasteiger partial charge in [0, 0.05) is 30.5 Å². The van der Waals surface area contributed by atoms with Crippen molar-refractivity contribution >= 4 is 11.7 Å². The standard InChI is InChI=1S/C25H36N2O6/c1-15-5-8-18(9-6-15)27-23(28)26-13-14-29-21-17(3)20-10-7-16(2)19-11-12-24(4)31-22(30-21)25(19,20)33-32-24/h5-6,8-9,16-17,19-22H,7,10-14H2,1-4H3,(H2,26,27,28)/t16-,17-,19+,20+,21+,22-,24+,25-/m1/s1. The molecule has 5 aliphatic rings. The Hall–Kier alpha value is -1.71. The van der Waals surface area contributed by atoms with E-state index < -0.39 is 24.0 Å². The SMILES string of the molecule is Cc1ccc(NC(=O)NCCO[C@H]2O[C@@H]3O[C@]4(C)CC[C@H]5[C@H](C)CC[C@@H]([C@H]2C)[C@@]35OO4)cc1. The lowest BCUT2D eigenvalue weighted by atomic mass is 9.58. The lowest BCUT2D eigenvalue weighted by Gasteiger charge is -2.60. The number of aryl methyl sites for hydroxylation is 1. The highest BCUT2D eigenvalue weighted by Crippen LogP contribution is 2.60. The average molecular weight is 461 g/mol. The average Bonchev–Trinajstić information content (AvgIpc) is 3.02. The molecule has 4 heterocycles. The zero-order chi connectivity index (χ0) is 23.2. The van der Waals surface area contributed by atoms with Crippen molar-refractivity contribution in [3.8, 4) is 0 Å². The minimum absolute atomic E-state index is 0.118. The summed E-state index contributed by atoms with van der Waals surface area (Å²) in [5, 5.41) is 5.67.